The van der Waals surface area contributed by atoms with E-state index in [9.17, 15) is 67.7 Å². The van der Waals surface area contributed by atoms with Crippen LogP contribution < -0.4 is 60.2 Å². The largest absolute Gasteiger partial charge is 0.508 e. The lowest BCUT2D eigenvalue weighted by molar-refractivity contribution is -0.143. The molecule has 2 fully saturated rings. The molecular weight excluding hydrogens is 909 g/mol. The highest BCUT2D eigenvalue weighted by molar-refractivity contribution is 6.01. The summed E-state index contributed by atoms with van der Waals surface area (Å²) in [5, 5.41) is 36.6. The van der Waals surface area contributed by atoms with Crippen molar-refractivity contribution < 1.29 is 67.7 Å². The van der Waals surface area contributed by atoms with E-state index in [0.29, 0.717) is 18.4 Å². The first-order valence-corrected chi connectivity index (χ1v) is 22.6. The summed E-state index contributed by atoms with van der Waals surface area (Å²) in [6.45, 7) is 0.805. The molecule has 26 nitrogen and oxygen atoms in total. The number of carbonyl (C=O) groups excluding carboxylic acids is 12. The molecule has 380 valence electrons. The van der Waals surface area contributed by atoms with Gasteiger partial charge in [0.2, 0.25) is 70.9 Å². The molecule has 0 radical (unpaired) electrons. The number of hydrogen-bond donors (Lipinski definition) is 13. The lowest BCUT2D eigenvalue weighted by atomic mass is 10.0. The Hall–Kier alpha value is -7.38. The van der Waals surface area contributed by atoms with Crippen LogP contribution in [0.15, 0.2) is 24.3 Å². The van der Waals surface area contributed by atoms with E-state index in [0.717, 1.165) is 24.2 Å². The normalized spacial score (nSPS) is 24.8. The van der Waals surface area contributed by atoms with Crippen molar-refractivity contribution >= 4 is 70.9 Å². The number of hydrogen-bond acceptors (Lipinski definition) is 14. The molecule has 8 atom stereocenters. The van der Waals surface area contributed by atoms with Crippen LogP contribution in [0.5, 0.6) is 5.75 Å². The summed E-state index contributed by atoms with van der Waals surface area (Å²) < 4.78 is 0. The zero-order valence-corrected chi connectivity index (χ0v) is 38.3. The number of rotatable bonds is 18. The van der Waals surface area contributed by atoms with Gasteiger partial charge in [-0.2, -0.15) is 0 Å². The van der Waals surface area contributed by atoms with Gasteiger partial charge in [0.15, 0.2) is 0 Å². The summed E-state index contributed by atoms with van der Waals surface area (Å²) in [6, 6.07) is -8.11. The average molecular weight is 973 g/mol. The fourth-order valence-electron chi connectivity index (χ4n) is 7.67. The third kappa shape index (κ3) is 18.3. The lowest BCUT2D eigenvalue weighted by Gasteiger charge is -2.31. The zero-order chi connectivity index (χ0) is 51.4. The average Bonchev–Trinajstić information content (AvgIpc) is 3.78. The number of aliphatic hydroxyl groups excluding tert-OH is 1. The van der Waals surface area contributed by atoms with Crippen LogP contribution in [0.4, 0.5) is 0 Å². The first-order valence-electron chi connectivity index (χ1n) is 22.6. The highest BCUT2D eigenvalue weighted by atomic mass is 16.3. The van der Waals surface area contributed by atoms with Crippen LogP contribution in [0.25, 0.3) is 0 Å². The van der Waals surface area contributed by atoms with Crippen molar-refractivity contribution in [2.24, 2.45) is 22.9 Å². The number of aromatic hydroxyl groups is 1. The number of unbranched alkanes of at least 4 members (excludes halogenated alkanes) is 4. The Morgan fingerprint density at radius 1 is 0.551 bits per heavy atom. The molecule has 2 saturated heterocycles. The Balaban J connectivity index is 2.19. The number of fused-ring (bicyclic) bond motifs is 1. The van der Waals surface area contributed by atoms with Crippen LogP contribution in [0, 0.1) is 0 Å². The Labute approximate surface area is 396 Å². The molecule has 0 aliphatic carbocycles. The van der Waals surface area contributed by atoms with Crippen molar-refractivity contribution in [3.8, 4) is 5.75 Å². The Kier molecular flexibility index (Phi) is 22.2. The predicted molar refractivity (Wildman–Crippen MR) is 240 cm³/mol. The third-order valence-corrected chi connectivity index (χ3v) is 11.3. The summed E-state index contributed by atoms with van der Waals surface area (Å²) in [5.41, 5.74) is 22.0. The minimum atomic E-state index is -1.90. The van der Waals surface area contributed by atoms with Crippen molar-refractivity contribution in [3.63, 3.8) is 0 Å². The predicted octanol–water partition coefficient (Wildman–Crippen LogP) is -5.42. The Morgan fingerprint density at radius 2 is 0.986 bits per heavy atom. The first-order chi connectivity index (χ1) is 32.6. The summed E-state index contributed by atoms with van der Waals surface area (Å²) in [6.07, 6.45) is -0.103. The van der Waals surface area contributed by atoms with E-state index in [-0.39, 0.29) is 38.0 Å². The SMILES string of the molecule is CCCCCCCC1NC(=O)C2CCCN2C(=O)C(CC(N)=O)NC(=O)C(CO)NC(=O)C(CCC(N)=O)NC(=O)C(CC(N)=O)NC(=O)C(Cc2ccc(O)cc2)NC(=O)C(CC(N)=O)NC1=O. The second-order valence-corrected chi connectivity index (χ2v) is 16.9. The summed E-state index contributed by atoms with van der Waals surface area (Å²) in [7, 11) is 0. The molecule has 2 heterocycles. The number of aliphatic hydroxyl groups is 1. The molecule has 8 unspecified atom stereocenters. The fraction of sp³-hybridized carbons (Fsp3) is 0.581. The van der Waals surface area contributed by atoms with Gasteiger partial charge >= 0.3 is 0 Å². The first kappa shape index (κ1) is 55.9. The van der Waals surface area contributed by atoms with E-state index in [4.69, 9.17) is 22.9 Å². The second kappa shape index (κ2) is 27.4. The maximum Gasteiger partial charge on any atom is 0.246 e. The summed E-state index contributed by atoms with van der Waals surface area (Å²) in [5.74, 6) is -13.1. The third-order valence-electron chi connectivity index (χ3n) is 11.3. The van der Waals surface area contributed by atoms with Gasteiger partial charge in [-0.05, 0) is 43.4 Å². The van der Waals surface area contributed by atoms with E-state index in [1.807, 2.05) is 6.92 Å². The van der Waals surface area contributed by atoms with Gasteiger partial charge in [-0.1, -0.05) is 51.2 Å². The molecule has 0 aromatic heterocycles. The van der Waals surface area contributed by atoms with E-state index in [2.05, 4.69) is 37.2 Å². The van der Waals surface area contributed by atoms with Gasteiger partial charge in [0.1, 0.15) is 54.1 Å². The van der Waals surface area contributed by atoms with E-state index in [1.165, 1.54) is 24.3 Å². The van der Waals surface area contributed by atoms with Gasteiger partial charge in [-0.15, -0.1) is 0 Å². The van der Waals surface area contributed by atoms with Crippen LogP contribution >= 0.6 is 0 Å². The number of carbonyl (C=O) groups is 12. The Bertz CT molecular complexity index is 2070. The van der Waals surface area contributed by atoms with Gasteiger partial charge in [-0.25, -0.2) is 0 Å². The number of primary amides is 4. The standard InChI is InChI=1S/C43H64N12O14/c1-2-3-4-5-6-8-24-36(62)51-28(19-34(46)60)40(66)50-26(17-22-10-12-23(57)13-11-22)38(64)52-27(18-33(45)59)39(65)48-25(14-15-32(44)58)37(63)54-30(21-56)41(67)53-29(20-35(47)61)43(69)55-16-7-9-31(55)42(68)49-24/h10-13,24-31,56-57H,2-9,14-21H2,1H3,(H2,44,58)(H2,45,59)(H2,46,60)(H2,47,61)(H,48,65)(H,49,68)(H,50,66)(H,51,62)(H,52,64)(H,53,67)(H,54,63). The molecule has 69 heavy (non-hydrogen) atoms. The minimum absolute atomic E-state index is 0.0140. The van der Waals surface area contributed by atoms with Gasteiger partial charge in [0.25, 0.3) is 0 Å². The maximum atomic E-state index is 14.1. The topological polar surface area (TPSA) is 437 Å². The number of phenols is 1. The molecule has 0 spiro atoms. The van der Waals surface area contributed by atoms with Crippen LogP contribution in [0.1, 0.15) is 96.0 Å². The van der Waals surface area contributed by atoms with Crippen molar-refractivity contribution in [2.45, 2.75) is 145 Å². The summed E-state index contributed by atoms with van der Waals surface area (Å²) in [4.78, 5) is 161. The van der Waals surface area contributed by atoms with Crippen molar-refractivity contribution in [1.82, 2.24) is 42.1 Å². The molecule has 17 N–H and O–H groups in total. The molecule has 12 amide bonds. The minimum Gasteiger partial charge on any atom is -0.508 e. The molecule has 0 bridgehead atoms. The molecule has 2 aliphatic rings. The van der Waals surface area contributed by atoms with Gasteiger partial charge in [0.05, 0.1) is 25.9 Å². The van der Waals surface area contributed by atoms with Crippen LogP contribution in [-0.2, 0) is 64.0 Å². The highest BCUT2D eigenvalue weighted by Crippen LogP contribution is 2.21. The molecule has 0 saturated carbocycles. The number of phenolic OH excluding ortho intramolecular Hbond substituents is 1. The number of nitrogens with two attached hydrogens (primary N) is 4. The van der Waals surface area contributed by atoms with Crippen molar-refractivity contribution in [3.05, 3.63) is 29.8 Å². The molecule has 3 rings (SSSR count). The summed E-state index contributed by atoms with van der Waals surface area (Å²) >= 11 is 0. The van der Waals surface area contributed by atoms with Crippen molar-refractivity contribution in [2.75, 3.05) is 13.2 Å². The van der Waals surface area contributed by atoms with Crippen LogP contribution in [0.3, 0.4) is 0 Å². The molecule has 2 aliphatic heterocycles. The number of nitrogens with zero attached hydrogens (tertiary/aromatic N) is 1. The van der Waals surface area contributed by atoms with Gasteiger partial charge in [0, 0.05) is 19.4 Å². The quantitative estimate of drug-likeness (QED) is 0.0611. The van der Waals surface area contributed by atoms with Gasteiger partial charge in [-0.3, -0.25) is 57.5 Å². The van der Waals surface area contributed by atoms with Crippen LogP contribution in [0.2, 0.25) is 0 Å². The number of nitrogens with one attached hydrogen (secondary N) is 7. The number of amides is 12. The van der Waals surface area contributed by atoms with Crippen LogP contribution in [-0.4, -0.2) is 147 Å². The van der Waals surface area contributed by atoms with Gasteiger partial charge < -0.3 is 75.3 Å². The fourth-order valence-corrected chi connectivity index (χ4v) is 7.67. The van der Waals surface area contributed by atoms with Crippen molar-refractivity contribution in [1.29, 1.82) is 0 Å². The molecule has 1 aromatic carbocycles. The monoisotopic (exact) mass is 972 g/mol. The number of benzene rings is 1. The molecule has 1 aromatic rings. The second-order valence-electron chi connectivity index (χ2n) is 16.9. The Morgan fingerprint density at radius 3 is 1.52 bits per heavy atom. The smallest absolute Gasteiger partial charge is 0.246 e. The highest BCUT2D eigenvalue weighted by Gasteiger charge is 2.41. The van der Waals surface area contributed by atoms with E-state index in [1.54, 1.807) is 0 Å². The van der Waals surface area contributed by atoms with E-state index >= 15 is 0 Å². The molecular formula is C43H64N12O14. The molecule has 26 heteroatoms. The lowest BCUT2D eigenvalue weighted by Crippen LogP contribution is -2.62. The maximum absolute atomic E-state index is 14.1. The van der Waals surface area contributed by atoms with E-state index < -0.39 is 158 Å². The zero-order valence-electron chi connectivity index (χ0n) is 38.3.